The van der Waals surface area contributed by atoms with E-state index in [1.807, 2.05) is 6.92 Å². The van der Waals surface area contributed by atoms with Crippen LogP contribution in [0.25, 0.3) is 0 Å². The maximum absolute atomic E-state index is 5.50. The summed E-state index contributed by atoms with van der Waals surface area (Å²) in [6, 6.07) is 0. The first kappa shape index (κ1) is 10.7. The van der Waals surface area contributed by atoms with E-state index in [-0.39, 0.29) is 5.79 Å². The number of hydrogen-bond acceptors (Lipinski definition) is 2. The van der Waals surface area contributed by atoms with Crippen molar-refractivity contribution in [2.24, 2.45) is 0 Å². The Balaban J connectivity index is 2.07. The van der Waals surface area contributed by atoms with E-state index in [4.69, 9.17) is 9.47 Å². The molecule has 0 spiro atoms. The molecule has 0 saturated carbocycles. The van der Waals surface area contributed by atoms with Gasteiger partial charge in [-0.3, -0.25) is 0 Å². The molecule has 2 nitrogen and oxygen atoms in total. The molecule has 1 aliphatic rings. The average molecular weight is 184 g/mol. The summed E-state index contributed by atoms with van der Waals surface area (Å²) in [4.78, 5) is 0. The molecule has 1 heterocycles. The number of allylic oxidation sites excluding steroid dienone is 2. The van der Waals surface area contributed by atoms with Crippen molar-refractivity contribution in [2.45, 2.75) is 45.3 Å². The van der Waals surface area contributed by atoms with Crippen LogP contribution in [0, 0.1) is 0 Å². The Kier molecular flexibility index (Phi) is 4.46. The highest BCUT2D eigenvalue weighted by molar-refractivity contribution is 4.81. The first-order chi connectivity index (χ1) is 6.27. The van der Waals surface area contributed by atoms with Gasteiger partial charge in [0.15, 0.2) is 5.79 Å². The highest BCUT2D eigenvalue weighted by atomic mass is 16.7. The van der Waals surface area contributed by atoms with Gasteiger partial charge in [0.2, 0.25) is 0 Å². The molecule has 0 unspecified atom stereocenters. The van der Waals surface area contributed by atoms with Gasteiger partial charge in [-0.2, -0.15) is 0 Å². The summed E-state index contributed by atoms with van der Waals surface area (Å²) in [5.41, 5.74) is 0. The van der Waals surface area contributed by atoms with Crippen molar-refractivity contribution in [3.05, 3.63) is 12.2 Å². The minimum atomic E-state index is -0.292. The number of unbranched alkanes of at least 4 members (excludes halogenated alkanes) is 1. The van der Waals surface area contributed by atoms with Gasteiger partial charge in [0.25, 0.3) is 0 Å². The van der Waals surface area contributed by atoms with Crippen LogP contribution in [0.4, 0.5) is 0 Å². The summed E-state index contributed by atoms with van der Waals surface area (Å²) in [5, 5.41) is 0. The van der Waals surface area contributed by atoms with Crippen molar-refractivity contribution >= 4 is 0 Å². The van der Waals surface area contributed by atoms with Gasteiger partial charge in [0.1, 0.15) is 0 Å². The first-order valence-corrected chi connectivity index (χ1v) is 5.20. The number of ether oxygens (including phenoxy) is 2. The Morgan fingerprint density at radius 2 is 1.92 bits per heavy atom. The highest BCUT2D eigenvalue weighted by Gasteiger charge is 2.29. The largest absolute Gasteiger partial charge is 0.348 e. The van der Waals surface area contributed by atoms with Gasteiger partial charge in [-0.05, 0) is 26.2 Å². The zero-order valence-corrected chi connectivity index (χ0v) is 8.71. The lowest BCUT2D eigenvalue weighted by atomic mass is 10.1. The van der Waals surface area contributed by atoms with Crippen LogP contribution in [0.3, 0.4) is 0 Å². The normalized spacial score (nSPS) is 21.4. The lowest BCUT2D eigenvalue weighted by molar-refractivity contribution is -0.147. The quantitative estimate of drug-likeness (QED) is 0.483. The molecule has 0 amide bonds. The summed E-state index contributed by atoms with van der Waals surface area (Å²) in [7, 11) is 0. The Bertz CT molecular complexity index is 157. The van der Waals surface area contributed by atoms with Crippen molar-refractivity contribution in [2.75, 3.05) is 13.2 Å². The van der Waals surface area contributed by atoms with Crippen molar-refractivity contribution in [3.8, 4) is 0 Å². The molecule has 0 aromatic rings. The average Bonchev–Trinajstić information content (AvgIpc) is 2.53. The van der Waals surface area contributed by atoms with Crippen LogP contribution >= 0.6 is 0 Å². The van der Waals surface area contributed by atoms with Gasteiger partial charge in [-0.1, -0.05) is 19.1 Å². The van der Waals surface area contributed by atoms with Crippen molar-refractivity contribution in [1.82, 2.24) is 0 Å². The van der Waals surface area contributed by atoms with E-state index in [2.05, 4.69) is 19.1 Å². The van der Waals surface area contributed by atoms with Crippen LogP contribution in [0.2, 0.25) is 0 Å². The molecule has 1 rings (SSSR count). The molecule has 0 atom stereocenters. The van der Waals surface area contributed by atoms with E-state index in [1.165, 1.54) is 0 Å². The van der Waals surface area contributed by atoms with Crippen LogP contribution in [0.1, 0.15) is 39.5 Å². The van der Waals surface area contributed by atoms with Crippen LogP contribution < -0.4 is 0 Å². The second kappa shape index (κ2) is 5.40. The molecule has 1 aliphatic heterocycles. The Morgan fingerprint density at radius 3 is 2.54 bits per heavy atom. The topological polar surface area (TPSA) is 18.5 Å². The Hall–Kier alpha value is -0.340. The lowest BCUT2D eigenvalue weighted by Gasteiger charge is -2.21. The zero-order chi connectivity index (χ0) is 9.57. The maximum atomic E-state index is 5.50. The molecule has 0 bridgehead atoms. The van der Waals surface area contributed by atoms with Gasteiger partial charge in [0.05, 0.1) is 13.2 Å². The summed E-state index contributed by atoms with van der Waals surface area (Å²) >= 11 is 0. The molecule has 1 fully saturated rings. The molecule has 13 heavy (non-hydrogen) atoms. The van der Waals surface area contributed by atoms with E-state index in [0.717, 1.165) is 38.9 Å². The third-order valence-corrected chi connectivity index (χ3v) is 2.30. The molecular weight excluding hydrogens is 164 g/mol. The SMILES string of the molecule is CC/C=C\CCCC1(C)OCCO1. The highest BCUT2D eigenvalue weighted by Crippen LogP contribution is 2.24. The van der Waals surface area contributed by atoms with E-state index in [1.54, 1.807) is 0 Å². The summed E-state index contributed by atoms with van der Waals surface area (Å²) in [5.74, 6) is -0.292. The van der Waals surface area contributed by atoms with Crippen molar-refractivity contribution in [1.29, 1.82) is 0 Å². The second-order valence-corrected chi connectivity index (χ2v) is 3.60. The lowest BCUT2D eigenvalue weighted by Crippen LogP contribution is -2.24. The van der Waals surface area contributed by atoms with Gasteiger partial charge in [-0.15, -0.1) is 0 Å². The molecule has 2 heteroatoms. The van der Waals surface area contributed by atoms with Gasteiger partial charge in [0, 0.05) is 6.42 Å². The monoisotopic (exact) mass is 184 g/mol. The molecule has 76 valence electrons. The summed E-state index contributed by atoms with van der Waals surface area (Å²) in [6.07, 6.45) is 8.85. The third kappa shape index (κ3) is 3.92. The third-order valence-electron chi connectivity index (χ3n) is 2.30. The van der Waals surface area contributed by atoms with E-state index in [9.17, 15) is 0 Å². The Morgan fingerprint density at radius 1 is 1.23 bits per heavy atom. The summed E-state index contributed by atoms with van der Waals surface area (Å²) < 4.78 is 11.0. The van der Waals surface area contributed by atoms with Crippen LogP contribution in [0.15, 0.2) is 12.2 Å². The van der Waals surface area contributed by atoms with Gasteiger partial charge in [-0.25, -0.2) is 0 Å². The molecule has 0 N–H and O–H groups in total. The van der Waals surface area contributed by atoms with Gasteiger partial charge >= 0.3 is 0 Å². The first-order valence-electron chi connectivity index (χ1n) is 5.20. The van der Waals surface area contributed by atoms with Crippen LogP contribution in [0.5, 0.6) is 0 Å². The number of rotatable bonds is 5. The zero-order valence-electron chi connectivity index (χ0n) is 8.71. The van der Waals surface area contributed by atoms with E-state index >= 15 is 0 Å². The molecular formula is C11H20O2. The smallest absolute Gasteiger partial charge is 0.165 e. The van der Waals surface area contributed by atoms with Crippen LogP contribution in [-0.4, -0.2) is 19.0 Å². The molecule has 0 aromatic heterocycles. The molecule has 0 aliphatic carbocycles. The standard InChI is InChI=1S/C11H20O2/c1-3-4-5-6-7-8-11(2)12-9-10-13-11/h4-5H,3,6-10H2,1-2H3/b5-4-. The predicted molar refractivity (Wildman–Crippen MR) is 53.6 cm³/mol. The Labute approximate surface area is 80.9 Å². The van der Waals surface area contributed by atoms with Crippen molar-refractivity contribution in [3.63, 3.8) is 0 Å². The fraction of sp³-hybridized carbons (Fsp3) is 0.818. The molecule has 0 aromatic carbocycles. The second-order valence-electron chi connectivity index (χ2n) is 3.60. The maximum Gasteiger partial charge on any atom is 0.165 e. The summed E-state index contributed by atoms with van der Waals surface area (Å²) in [6.45, 7) is 5.69. The fourth-order valence-electron chi connectivity index (χ4n) is 1.53. The fourth-order valence-corrected chi connectivity index (χ4v) is 1.53. The molecule has 0 radical (unpaired) electrons. The van der Waals surface area contributed by atoms with Gasteiger partial charge < -0.3 is 9.47 Å². The predicted octanol–water partition coefficient (Wildman–Crippen LogP) is 2.89. The number of hydrogen-bond donors (Lipinski definition) is 0. The van der Waals surface area contributed by atoms with E-state index in [0.29, 0.717) is 0 Å². The minimum absolute atomic E-state index is 0.292. The van der Waals surface area contributed by atoms with Crippen molar-refractivity contribution < 1.29 is 9.47 Å². The minimum Gasteiger partial charge on any atom is -0.348 e. The van der Waals surface area contributed by atoms with E-state index < -0.39 is 0 Å². The molecule has 1 saturated heterocycles. The van der Waals surface area contributed by atoms with Crippen LogP contribution in [-0.2, 0) is 9.47 Å².